The number of benzene rings is 1. The van der Waals surface area contributed by atoms with Gasteiger partial charge in [0.05, 0.1) is 13.7 Å². The molecule has 5 nitrogen and oxygen atoms in total. The molecule has 90 valence electrons. The predicted molar refractivity (Wildman–Crippen MR) is 57.5 cm³/mol. The minimum atomic E-state index is -1.04. The lowest BCUT2D eigenvalue weighted by atomic mass is 10.0. The second kappa shape index (κ2) is 5.69. The summed E-state index contributed by atoms with van der Waals surface area (Å²) in [7, 11) is 2.89. The number of ether oxygens (including phenoxy) is 2. The average Bonchev–Trinajstić information content (AvgIpc) is 2.29. The van der Waals surface area contributed by atoms with Crippen LogP contribution in [0.15, 0.2) is 18.2 Å². The lowest BCUT2D eigenvalue weighted by molar-refractivity contribution is -0.0393. The molecule has 3 N–H and O–H groups in total. The largest absolute Gasteiger partial charge is 0.508 e. The van der Waals surface area contributed by atoms with Crippen molar-refractivity contribution >= 4 is 0 Å². The molecule has 0 saturated heterocycles. The molecule has 0 spiro atoms. The van der Waals surface area contributed by atoms with Gasteiger partial charge in [0.25, 0.3) is 0 Å². The van der Waals surface area contributed by atoms with E-state index in [0.717, 1.165) is 0 Å². The Morgan fingerprint density at radius 2 is 1.94 bits per heavy atom. The third-order valence-electron chi connectivity index (χ3n) is 2.27. The van der Waals surface area contributed by atoms with Gasteiger partial charge >= 0.3 is 0 Å². The minimum Gasteiger partial charge on any atom is -0.508 e. The molecule has 0 aliphatic carbocycles. The first-order valence-electron chi connectivity index (χ1n) is 4.82. The highest BCUT2D eigenvalue weighted by Crippen LogP contribution is 2.28. The average molecular weight is 228 g/mol. The topological polar surface area (TPSA) is 79.2 Å². The van der Waals surface area contributed by atoms with Crippen molar-refractivity contribution in [2.45, 2.75) is 12.2 Å². The van der Waals surface area contributed by atoms with E-state index in [0.29, 0.717) is 11.3 Å². The summed E-state index contributed by atoms with van der Waals surface area (Å²) in [5.74, 6) is 0.476. The number of phenolic OH excluding ortho intramolecular Hbond substituents is 1. The zero-order valence-corrected chi connectivity index (χ0v) is 9.25. The van der Waals surface area contributed by atoms with Gasteiger partial charge in [-0.3, -0.25) is 0 Å². The van der Waals surface area contributed by atoms with Crippen molar-refractivity contribution in [2.24, 2.45) is 0 Å². The maximum atomic E-state index is 9.53. The van der Waals surface area contributed by atoms with E-state index < -0.39 is 18.8 Å². The molecule has 0 bridgehead atoms. The van der Waals surface area contributed by atoms with Crippen LogP contribution in [0.4, 0.5) is 0 Å². The minimum absolute atomic E-state index is 0.0153. The normalized spacial score (nSPS) is 14.5. The van der Waals surface area contributed by atoms with E-state index in [1.54, 1.807) is 6.07 Å². The summed E-state index contributed by atoms with van der Waals surface area (Å²) in [6.45, 7) is -0.420. The Kier molecular flexibility index (Phi) is 4.54. The van der Waals surface area contributed by atoms with Crippen LogP contribution in [0.2, 0.25) is 0 Å². The SMILES string of the molecule is COc1cc(O)cc([C@H](OC)[C@H](O)CO)c1. The quantitative estimate of drug-likeness (QED) is 0.681. The molecular formula is C11H16O5. The molecule has 0 saturated carbocycles. The summed E-state index contributed by atoms with van der Waals surface area (Å²) < 4.78 is 10.1. The summed E-state index contributed by atoms with van der Waals surface area (Å²) in [4.78, 5) is 0. The smallest absolute Gasteiger partial charge is 0.122 e. The van der Waals surface area contributed by atoms with Gasteiger partial charge in [0, 0.05) is 13.2 Å². The molecule has 5 heteroatoms. The Balaban J connectivity index is 3.04. The van der Waals surface area contributed by atoms with E-state index in [9.17, 15) is 10.2 Å². The Morgan fingerprint density at radius 1 is 1.25 bits per heavy atom. The second-order valence-corrected chi connectivity index (χ2v) is 3.37. The van der Waals surface area contributed by atoms with Crippen LogP contribution < -0.4 is 4.74 Å². The van der Waals surface area contributed by atoms with Gasteiger partial charge in [0.15, 0.2) is 0 Å². The van der Waals surface area contributed by atoms with Gasteiger partial charge in [-0.2, -0.15) is 0 Å². The van der Waals surface area contributed by atoms with E-state index in [-0.39, 0.29) is 5.75 Å². The van der Waals surface area contributed by atoms with Gasteiger partial charge in [-0.25, -0.2) is 0 Å². The molecule has 0 aliphatic heterocycles. The second-order valence-electron chi connectivity index (χ2n) is 3.37. The van der Waals surface area contributed by atoms with Gasteiger partial charge in [-0.1, -0.05) is 0 Å². The van der Waals surface area contributed by atoms with Crippen LogP contribution in [0, 0.1) is 0 Å². The van der Waals surface area contributed by atoms with Crippen LogP contribution in [0.3, 0.4) is 0 Å². The monoisotopic (exact) mass is 228 g/mol. The number of aliphatic hydroxyl groups excluding tert-OH is 2. The van der Waals surface area contributed by atoms with Crippen molar-refractivity contribution in [1.29, 1.82) is 0 Å². The summed E-state index contributed by atoms with van der Waals surface area (Å²) >= 11 is 0. The summed E-state index contributed by atoms with van der Waals surface area (Å²) in [6, 6.07) is 4.53. The van der Waals surface area contributed by atoms with Crippen LogP contribution in [0.1, 0.15) is 11.7 Å². The first-order chi connectivity index (χ1) is 7.62. The molecular weight excluding hydrogens is 212 g/mol. The van der Waals surface area contributed by atoms with E-state index in [1.807, 2.05) is 0 Å². The van der Waals surface area contributed by atoms with Crippen molar-refractivity contribution in [2.75, 3.05) is 20.8 Å². The zero-order chi connectivity index (χ0) is 12.1. The van der Waals surface area contributed by atoms with Gasteiger partial charge in [-0.15, -0.1) is 0 Å². The van der Waals surface area contributed by atoms with Gasteiger partial charge in [0.1, 0.15) is 23.7 Å². The zero-order valence-electron chi connectivity index (χ0n) is 9.25. The Hall–Kier alpha value is -1.30. The predicted octanol–water partition coefficient (Wildman–Crippen LogP) is 0.441. The molecule has 0 unspecified atom stereocenters. The van der Waals surface area contributed by atoms with E-state index in [4.69, 9.17) is 14.6 Å². The van der Waals surface area contributed by atoms with E-state index >= 15 is 0 Å². The fourth-order valence-electron chi connectivity index (χ4n) is 1.50. The molecule has 1 rings (SSSR count). The number of aliphatic hydroxyl groups is 2. The standard InChI is InChI=1S/C11H16O5/c1-15-9-4-7(3-8(13)5-9)11(16-2)10(14)6-12/h3-5,10-14H,6H2,1-2H3/t10-,11+/m1/s1. The Labute approximate surface area is 93.9 Å². The molecule has 0 aromatic heterocycles. The maximum Gasteiger partial charge on any atom is 0.122 e. The molecule has 0 radical (unpaired) electrons. The molecule has 0 heterocycles. The summed E-state index contributed by atoms with van der Waals surface area (Å²) in [5, 5.41) is 27.8. The van der Waals surface area contributed by atoms with Crippen LogP contribution in [0.25, 0.3) is 0 Å². The van der Waals surface area contributed by atoms with Crippen LogP contribution >= 0.6 is 0 Å². The number of hydrogen-bond donors (Lipinski definition) is 3. The number of aromatic hydroxyl groups is 1. The Morgan fingerprint density at radius 3 is 2.44 bits per heavy atom. The summed E-state index contributed by atoms with van der Waals surface area (Å²) in [5.41, 5.74) is 0.543. The lowest BCUT2D eigenvalue weighted by Crippen LogP contribution is -2.23. The van der Waals surface area contributed by atoms with Crippen molar-refractivity contribution in [3.05, 3.63) is 23.8 Å². The first-order valence-corrected chi connectivity index (χ1v) is 4.82. The number of phenols is 1. The van der Waals surface area contributed by atoms with Crippen LogP contribution in [-0.2, 0) is 4.74 Å². The van der Waals surface area contributed by atoms with Gasteiger partial charge in [-0.05, 0) is 17.7 Å². The number of rotatable bonds is 5. The maximum absolute atomic E-state index is 9.53. The van der Waals surface area contributed by atoms with E-state index in [1.165, 1.54) is 26.4 Å². The number of methoxy groups -OCH3 is 2. The van der Waals surface area contributed by atoms with Crippen molar-refractivity contribution < 1.29 is 24.8 Å². The third kappa shape index (κ3) is 2.85. The van der Waals surface area contributed by atoms with Crippen LogP contribution in [0.5, 0.6) is 11.5 Å². The van der Waals surface area contributed by atoms with Gasteiger partial charge in [0.2, 0.25) is 0 Å². The molecule has 0 aliphatic rings. The van der Waals surface area contributed by atoms with Crippen molar-refractivity contribution in [1.82, 2.24) is 0 Å². The molecule has 1 aromatic carbocycles. The highest BCUT2D eigenvalue weighted by molar-refractivity contribution is 5.38. The molecule has 1 aromatic rings. The van der Waals surface area contributed by atoms with Gasteiger partial charge < -0.3 is 24.8 Å². The van der Waals surface area contributed by atoms with Crippen LogP contribution in [-0.4, -0.2) is 42.3 Å². The van der Waals surface area contributed by atoms with Crippen molar-refractivity contribution in [3.8, 4) is 11.5 Å². The highest BCUT2D eigenvalue weighted by Gasteiger charge is 2.21. The molecule has 0 amide bonds. The highest BCUT2D eigenvalue weighted by atomic mass is 16.5. The number of hydrogen-bond acceptors (Lipinski definition) is 5. The Bertz CT molecular complexity index is 339. The summed E-state index contributed by atoms with van der Waals surface area (Å²) in [6.07, 6.45) is -1.75. The van der Waals surface area contributed by atoms with Crippen molar-refractivity contribution in [3.63, 3.8) is 0 Å². The fourth-order valence-corrected chi connectivity index (χ4v) is 1.50. The molecule has 2 atom stereocenters. The molecule has 16 heavy (non-hydrogen) atoms. The lowest BCUT2D eigenvalue weighted by Gasteiger charge is -2.20. The molecule has 0 fully saturated rings. The first kappa shape index (κ1) is 12.8. The fraction of sp³-hybridized carbons (Fsp3) is 0.455. The van der Waals surface area contributed by atoms with E-state index in [2.05, 4.69) is 0 Å². The third-order valence-corrected chi connectivity index (χ3v) is 2.27.